The predicted octanol–water partition coefficient (Wildman–Crippen LogP) is 3.03. The summed E-state index contributed by atoms with van der Waals surface area (Å²) in [5.74, 6) is 0.330. The molecule has 0 aliphatic rings. The summed E-state index contributed by atoms with van der Waals surface area (Å²) in [6.07, 6.45) is 1.17. The molecule has 5 nitrogen and oxygen atoms in total. The fraction of sp³-hybridized carbons (Fsp3) is 0.316. The molecule has 0 radical (unpaired) electrons. The van der Waals surface area contributed by atoms with Crippen LogP contribution < -0.4 is 10.1 Å². The number of rotatable bonds is 7. The zero-order valence-corrected chi connectivity index (χ0v) is 15.5. The Hall–Kier alpha value is -2.34. The van der Waals surface area contributed by atoms with Gasteiger partial charge in [-0.05, 0) is 31.5 Å². The maximum Gasteiger partial charge on any atom is 0.234 e. The second kappa shape index (κ2) is 7.70. The van der Waals surface area contributed by atoms with Gasteiger partial charge in [0.25, 0.3) is 0 Å². The van der Waals surface area contributed by atoms with E-state index in [0.717, 1.165) is 5.56 Å². The Morgan fingerprint density at radius 2 is 1.76 bits per heavy atom. The van der Waals surface area contributed by atoms with Crippen LogP contribution in [-0.4, -0.2) is 32.9 Å². The molecule has 0 aromatic heterocycles. The van der Waals surface area contributed by atoms with E-state index >= 15 is 0 Å². The maximum atomic E-state index is 12.7. The van der Waals surface area contributed by atoms with Gasteiger partial charge in [-0.2, -0.15) is 0 Å². The number of sulfone groups is 1. The molecule has 0 saturated carbocycles. The van der Waals surface area contributed by atoms with Gasteiger partial charge >= 0.3 is 0 Å². The number of carbonyl (C=O) groups is 1. The van der Waals surface area contributed by atoms with Gasteiger partial charge in [0.15, 0.2) is 9.84 Å². The van der Waals surface area contributed by atoms with Crippen molar-refractivity contribution in [3.05, 3.63) is 60.2 Å². The van der Waals surface area contributed by atoms with Crippen LogP contribution in [0.1, 0.15) is 19.4 Å². The number of anilines is 1. The molecule has 0 heterocycles. The van der Waals surface area contributed by atoms with Crippen LogP contribution in [0.25, 0.3) is 0 Å². The van der Waals surface area contributed by atoms with Crippen LogP contribution in [0.3, 0.4) is 0 Å². The molecule has 0 aliphatic carbocycles. The average Bonchev–Trinajstić information content (AvgIpc) is 2.55. The van der Waals surface area contributed by atoms with Crippen molar-refractivity contribution in [3.63, 3.8) is 0 Å². The number of benzene rings is 2. The van der Waals surface area contributed by atoms with Crippen molar-refractivity contribution < 1.29 is 17.9 Å². The van der Waals surface area contributed by atoms with Crippen molar-refractivity contribution >= 4 is 21.4 Å². The number of carbonyl (C=O) groups excluding carboxylic acids is 1. The van der Waals surface area contributed by atoms with Gasteiger partial charge in [0, 0.05) is 18.0 Å². The van der Waals surface area contributed by atoms with Crippen molar-refractivity contribution in [2.75, 3.05) is 23.9 Å². The van der Waals surface area contributed by atoms with Crippen LogP contribution >= 0.6 is 0 Å². The summed E-state index contributed by atoms with van der Waals surface area (Å²) < 4.78 is 27.7. The van der Waals surface area contributed by atoms with Crippen molar-refractivity contribution in [1.82, 2.24) is 0 Å². The summed E-state index contributed by atoms with van der Waals surface area (Å²) in [5.41, 5.74) is 0.841. The Bertz CT molecular complexity index is 830. The lowest BCUT2D eigenvalue weighted by atomic mass is 9.83. The van der Waals surface area contributed by atoms with E-state index in [2.05, 4.69) is 5.32 Å². The van der Waals surface area contributed by atoms with Crippen LogP contribution in [0.2, 0.25) is 0 Å². The molecule has 6 heteroatoms. The Morgan fingerprint density at radius 1 is 1.08 bits per heavy atom. The van der Waals surface area contributed by atoms with E-state index in [4.69, 9.17) is 4.74 Å². The highest BCUT2D eigenvalue weighted by Crippen LogP contribution is 2.26. The van der Waals surface area contributed by atoms with E-state index in [0.29, 0.717) is 11.4 Å². The standard InChI is InChI=1S/C19H23NO4S/c1-19(2,15-8-5-4-6-9-15)18(21)20-16-10-7-11-17(14-16)24-12-13-25(3,22)23/h4-11,14H,12-13H2,1-3H3,(H,20,21). The number of amides is 1. The minimum Gasteiger partial charge on any atom is -0.492 e. The fourth-order valence-electron chi connectivity index (χ4n) is 2.25. The van der Waals surface area contributed by atoms with E-state index in [1.807, 2.05) is 44.2 Å². The van der Waals surface area contributed by atoms with Gasteiger partial charge in [0.2, 0.25) is 5.91 Å². The van der Waals surface area contributed by atoms with Crippen LogP contribution in [0.15, 0.2) is 54.6 Å². The monoisotopic (exact) mass is 361 g/mol. The highest BCUT2D eigenvalue weighted by Gasteiger charge is 2.29. The highest BCUT2D eigenvalue weighted by atomic mass is 32.2. The lowest BCUT2D eigenvalue weighted by Crippen LogP contribution is -2.34. The molecule has 0 fully saturated rings. The van der Waals surface area contributed by atoms with Crippen molar-refractivity contribution in [2.24, 2.45) is 0 Å². The van der Waals surface area contributed by atoms with Gasteiger partial charge in [-0.3, -0.25) is 4.79 Å². The lowest BCUT2D eigenvalue weighted by molar-refractivity contribution is -0.120. The Morgan fingerprint density at radius 3 is 2.40 bits per heavy atom. The third kappa shape index (κ3) is 5.60. The minimum atomic E-state index is -3.07. The van der Waals surface area contributed by atoms with E-state index in [-0.39, 0.29) is 18.3 Å². The fourth-order valence-corrected chi connectivity index (χ4v) is 2.63. The molecule has 0 unspecified atom stereocenters. The number of ether oxygens (including phenoxy) is 1. The number of hydrogen-bond acceptors (Lipinski definition) is 4. The first-order valence-electron chi connectivity index (χ1n) is 7.96. The second-order valence-corrected chi connectivity index (χ2v) is 8.71. The zero-order valence-electron chi connectivity index (χ0n) is 14.7. The molecule has 1 N–H and O–H groups in total. The first-order chi connectivity index (χ1) is 11.7. The maximum absolute atomic E-state index is 12.7. The van der Waals surface area contributed by atoms with Gasteiger partial charge in [0.05, 0.1) is 11.2 Å². The van der Waals surface area contributed by atoms with E-state index in [1.54, 1.807) is 24.3 Å². The normalized spacial score (nSPS) is 11.8. The molecular formula is C19H23NO4S. The summed E-state index contributed by atoms with van der Waals surface area (Å²) in [7, 11) is -3.07. The summed E-state index contributed by atoms with van der Waals surface area (Å²) >= 11 is 0. The Balaban J connectivity index is 2.05. The van der Waals surface area contributed by atoms with Gasteiger partial charge < -0.3 is 10.1 Å². The summed E-state index contributed by atoms with van der Waals surface area (Å²) in [4.78, 5) is 12.7. The van der Waals surface area contributed by atoms with Crippen molar-refractivity contribution in [2.45, 2.75) is 19.3 Å². The highest BCUT2D eigenvalue weighted by molar-refractivity contribution is 7.90. The number of hydrogen-bond donors (Lipinski definition) is 1. The SMILES string of the molecule is CC(C)(C(=O)Nc1cccc(OCCS(C)(=O)=O)c1)c1ccccc1. The lowest BCUT2D eigenvalue weighted by Gasteiger charge is -2.24. The molecular weight excluding hydrogens is 338 g/mol. The van der Waals surface area contributed by atoms with Crippen LogP contribution in [0.4, 0.5) is 5.69 Å². The first-order valence-corrected chi connectivity index (χ1v) is 10.0. The molecule has 0 aliphatic heterocycles. The molecule has 134 valence electrons. The molecule has 0 saturated heterocycles. The minimum absolute atomic E-state index is 0.0510. The summed E-state index contributed by atoms with van der Waals surface area (Å²) in [5, 5.41) is 2.89. The molecule has 0 bridgehead atoms. The predicted molar refractivity (Wildman–Crippen MR) is 99.7 cm³/mol. The first kappa shape index (κ1) is 19.0. The topological polar surface area (TPSA) is 72.5 Å². The van der Waals surface area contributed by atoms with Crippen LogP contribution in [0.5, 0.6) is 5.75 Å². The van der Waals surface area contributed by atoms with Crippen LogP contribution in [-0.2, 0) is 20.0 Å². The van der Waals surface area contributed by atoms with E-state index in [1.165, 1.54) is 6.26 Å². The Labute approximate surface area is 148 Å². The third-order valence-corrected chi connectivity index (χ3v) is 4.79. The van der Waals surface area contributed by atoms with Crippen LogP contribution in [0, 0.1) is 0 Å². The summed E-state index contributed by atoms with van der Waals surface area (Å²) in [6, 6.07) is 16.5. The molecule has 0 atom stereocenters. The molecule has 2 rings (SSSR count). The van der Waals surface area contributed by atoms with Crippen molar-refractivity contribution in [3.8, 4) is 5.75 Å². The van der Waals surface area contributed by atoms with Gasteiger partial charge in [0.1, 0.15) is 12.4 Å². The van der Waals surface area contributed by atoms with Crippen molar-refractivity contribution in [1.29, 1.82) is 0 Å². The quantitative estimate of drug-likeness (QED) is 0.823. The molecule has 1 amide bonds. The average molecular weight is 361 g/mol. The summed E-state index contributed by atoms with van der Waals surface area (Å²) in [6.45, 7) is 3.81. The Kier molecular flexibility index (Phi) is 5.85. The van der Waals surface area contributed by atoms with E-state index < -0.39 is 15.3 Å². The van der Waals surface area contributed by atoms with Gasteiger partial charge in [-0.25, -0.2) is 8.42 Å². The second-order valence-electron chi connectivity index (χ2n) is 6.45. The smallest absolute Gasteiger partial charge is 0.234 e. The van der Waals surface area contributed by atoms with Gasteiger partial charge in [-0.1, -0.05) is 36.4 Å². The molecule has 25 heavy (non-hydrogen) atoms. The zero-order chi connectivity index (χ0) is 18.5. The molecule has 2 aromatic carbocycles. The number of nitrogens with one attached hydrogen (secondary N) is 1. The largest absolute Gasteiger partial charge is 0.492 e. The van der Waals surface area contributed by atoms with E-state index in [9.17, 15) is 13.2 Å². The van der Waals surface area contributed by atoms with Gasteiger partial charge in [-0.15, -0.1) is 0 Å². The third-order valence-electron chi connectivity index (χ3n) is 3.88. The molecule has 0 spiro atoms. The molecule has 2 aromatic rings.